The van der Waals surface area contributed by atoms with Gasteiger partial charge in [-0.1, -0.05) is 25.1 Å². The topological polar surface area (TPSA) is 75.4 Å². The third-order valence-electron chi connectivity index (χ3n) is 4.43. The van der Waals surface area contributed by atoms with Crippen molar-refractivity contribution in [1.29, 1.82) is 0 Å². The number of hydrogen-bond acceptors (Lipinski definition) is 3. The molecule has 2 atom stereocenters. The highest BCUT2D eigenvalue weighted by atomic mass is 16.2. The number of nitrogens with two attached hydrogens (primary N) is 1. The summed E-state index contributed by atoms with van der Waals surface area (Å²) >= 11 is 0. The van der Waals surface area contributed by atoms with E-state index < -0.39 is 5.54 Å². The first-order valence-corrected chi connectivity index (χ1v) is 7.31. The predicted molar refractivity (Wildman–Crippen MR) is 81.8 cm³/mol. The molecule has 1 aliphatic rings. The van der Waals surface area contributed by atoms with Crippen molar-refractivity contribution >= 4 is 11.9 Å². The molecule has 1 saturated heterocycles. The van der Waals surface area contributed by atoms with E-state index in [4.69, 9.17) is 5.73 Å². The highest BCUT2D eigenvalue weighted by molar-refractivity contribution is 6.07. The van der Waals surface area contributed by atoms with E-state index in [2.05, 4.69) is 5.32 Å². The average molecular weight is 289 g/mol. The van der Waals surface area contributed by atoms with Gasteiger partial charge in [0, 0.05) is 6.54 Å². The van der Waals surface area contributed by atoms with Crippen LogP contribution < -0.4 is 11.1 Å². The van der Waals surface area contributed by atoms with Crippen LogP contribution in [0.4, 0.5) is 4.79 Å². The minimum absolute atomic E-state index is 0.212. The number of carbonyl (C=O) groups is 2. The number of rotatable bonds is 4. The van der Waals surface area contributed by atoms with Crippen molar-refractivity contribution < 1.29 is 9.59 Å². The monoisotopic (exact) mass is 289 g/mol. The van der Waals surface area contributed by atoms with Gasteiger partial charge < -0.3 is 11.1 Å². The van der Waals surface area contributed by atoms with Crippen LogP contribution in [0.3, 0.4) is 0 Å². The van der Waals surface area contributed by atoms with E-state index >= 15 is 0 Å². The Bertz CT molecular complexity index is 585. The summed E-state index contributed by atoms with van der Waals surface area (Å²) in [6, 6.07) is 5.21. The van der Waals surface area contributed by atoms with Crippen molar-refractivity contribution in [3.63, 3.8) is 0 Å². The highest BCUT2D eigenvalue weighted by Crippen LogP contribution is 2.34. The second-order valence-corrected chi connectivity index (χ2v) is 5.75. The molecule has 5 heteroatoms. The van der Waals surface area contributed by atoms with E-state index in [-0.39, 0.29) is 24.5 Å². The average Bonchev–Trinajstić information content (AvgIpc) is 2.73. The summed E-state index contributed by atoms with van der Waals surface area (Å²) < 4.78 is 0. The van der Waals surface area contributed by atoms with E-state index in [1.807, 2.05) is 39.0 Å². The Morgan fingerprint density at radius 2 is 1.95 bits per heavy atom. The molecule has 5 nitrogen and oxygen atoms in total. The van der Waals surface area contributed by atoms with Gasteiger partial charge in [0.2, 0.25) is 0 Å². The Morgan fingerprint density at radius 3 is 2.48 bits per heavy atom. The Balaban J connectivity index is 2.50. The van der Waals surface area contributed by atoms with Gasteiger partial charge in [-0.05, 0) is 43.9 Å². The van der Waals surface area contributed by atoms with Gasteiger partial charge in [0.05, 0.1) is 6.04 Å². The lowest BCUT2D eigenvalue weighted by atomic mass is 9.85. The first-order chi connectivity index (χ1) is 9.87. The fraction of sp³-hybridized carbons (Fsp3) is 0.500. The molecule has 0 bridgehead atoms. The Morgan fingerprint density at radius 1 is 1.29 bits per heavy atom. The molecule has 1 heterocycles. The van der Waals surface area contributed by atoms with E-state index in [1.165, 1.54) is 4.90 Å². The molecular weight excluding hydrogens is 266 g/mol. The number of aryl methyl sites for hydroxylation is 2. The van der Waals surface area contributed by atoms with Crippen molar-refractivity contribution in [3.05, 3.63) is 34.9 Å². The number of nitrogens with zero attached hydrogens (tertiary/aromatic N) is 1. The second-order valence-electron chi connectivity index (χ2n) is 5.75. The molecule has 1 aliphatic heterocycles. The molecule has 2 rings (SSSR count). The number of nitrogens with one attached hydrogen (secondary N) is 1. The molecule has 21 heavy (non-hydrogen) atoms. The molecule has 0 aliphatic carbocycles. The van der Waals surface area contributed by atoms with Crippen LogP contribution in [0.25, 0.3) is 0 Å². The fourth-order valence-corrected chi connectivity index (χ4v) is 2.75. The summed E-state index contributed by atoms with van der Waals surface area (Å²) in [7, 11) is 0. The summed E-state index contributed by atoms with van der Waals surface area (Å²) in [5, 5.41) is 2.88. The number of carbonyl (C=O) groups excluding carboxylic acids is 2. The lowest BCUT2D eigenvalue weighted by molar-refractivity contribution is -0.133. The van der Waals surface area contributed by atoms with Gasteiger partial charge in [0.1, 0.15) is 5.54 Å². The van der Waals surface area contributed by atoms with Crippen molar-refractivity contribution in [2.75, 3.05) is 6.54 Å². The standard InChI is InChI=1S/C16H23N3O2/c1-5-16(13-7-6-10(2)11(3)8-13)14(20)19(12(4)9-17)15(21)18-16/h6-8,12H,5,9,17H2,1-4H3,(H,18,21). The number of amides is 3. The van der Waals surface area contributed by atoms with Gasteiger partial charge >= 0.3 is 6.03 Å². The van der Waals surface area contributed by atoms with E-state index in [1.54, 1.807) is 6.92 Å². The largest absolute Gasteiger partial charge is 0.328 e. The zero-order valence-corrected chi connectivity index (χ0v) is 13.1. The van der Waals surface area contributed by atoms with Gasteiger partial charge in [-0.2, -0.15) is 0 Å². The molecule has 1 aromatic carbocycles. The normalized spacial score (nSPS) is 23.4. The van der Waals surface area contributed by atoms with Crippen molar-refractivity contribution in [2.45, 2.75) is 45.7 Å². The lowest BCUT2D eigenvalue weighted by Gasteiger charge is -2.27. The lowest BCUT2D eigenvalue weighted by Crippen LogP contribution is -2.46. The van der Waals surface area contributed by atoms with Crippen LogP contribution in [-0.4, -0.2) is 29.4 Å². The first-order valence-electron chi connectivity index (χ1n) is 7.31. The maximum absolute atomic E-state index is 12.9. The van der Waals surface area contributed by atoms with Crippen LogP contribution in [0.1, 0.15) is 37.0 Å². The van der Waals surface area contributed by atoms with Gasteiger partial charge in [-0.25, -0.2) is 4.79 Å². The third kappa shape index (κ3) is 2.31. The zero-order valence-electron chi connectivity index (χ0n) is 13.1. The summed E-state index contributed by atoms with van der Waals surface area (Å²) in [6.07, 6.45) is 0.508. The number of benzene rings is 1. The minimum atomic E-state index is -0.973. The minimum Gasteiger partial charge on any atom is -0.328 e. The molecular formula is C16H23N3O2. The molecule has 0 radical (unpaired) electrons. The van der Waals surface area contributed by atoms with Crippen LogP contribution in [-0.2, 0) is 10.3 Å². The molecule has 3 N–H and O–H groups in total. The quantitative estimate of drug-likeness (QED) is 0.830. The maximum Gasteiger partial charge on any atom is 0.325 e. The van der Waals surface area contributed by atoms with E-state index in [9.17, 15) is 9.59 Å². The second kappa shape index (κ2) is 5.48. The van der Waals surface area contributed by atoms with Gasteiger partial charge in [0.25, 0.3) is 5.91 Å². The van der Waals surface area contributed by atoms with E-state index in [0.29, 0.717) is 6.42 Å². The summed E-state index contributed by atoms with van der Waals surface area (Å²) in [5.74, 6) is -0.212. The number of urea groups is 1. The third-order valence-corrected chi connectivity index (χ3v) is 4.43. The Labute approximate surface area is 125 Å². The number of hydrogen-bond donors (Lipinski definition) is 2. The van der Waals surface area contributed by atoms with Crippen LogP contribution in [0.2, 0.25) is 0 Å². The van der Waals surface area contributed by atoms with Crippen molar-refractivity contribution in [3.8, 4) is 0 Å². The van der Waals surface area contributed by atoms with E-state index in [0.717, 1.165) is 16.7 Å². The predicted octanol–water partition coefficient (Wildman–Crippen LogP) is 1.81. The molecule has 2 unspecified atom stereocenters. The Kier molecular flexibility index (Phi) is 4.05. The molecule has 1 aromatic rings. The van der Waals surface area contributed by atoms with Crippen LogP contribution >= 0.6 is 0 Å². The fourth-order valence-electron chi connectivity index (χ4n) is 2.75. The summed E-state index contributed by atoms with van der Waals surface area (Å²) in [6.45, 7) is 7.97. The van der Waals surface area contributed by atoms with Crippen LogP contribution in [0.5, 0.6) is 0 Å². The number of imide groups is 1. The SMILES string of the molecule is CCC1(c2ccc(C)c(C)c2)NC(=O)N(C(C)CN)C1=O. The van der Waals surface area contributed by atoms with Crippen LogP contribution in [0, 0.1) is 13.8 Å². The van der Waals surface area contributed by atoms with Gasteiger partial charge in [-0.3, -0.25) is 9.69 Å². The molecule has 114 valence electrons. The van der Waals surface area contributed by atoms with Crippen molar-refractivity contribution in [2.24, 2.45) is 5.73 Å². The smallest absolute Gasteiger partial charge is 0.325 e. The van der Waals surface area contributed by atoms with Crippen molar-refractivity contribution in [1.82, 2.24) is 10.2 Å². The van der Waals surface area contributed by atoms with Gasteiger partial charge in [0.15, 0.2) is 0 Å². The summed E-state index contributed by atoms with van der Waals surface area (Å²) in [5.41, 5.74) is 7.74. The first kappa shape index (κ1) is 15.5. The van der Waals surface area contributed by atoms with Gasteiger partial charge in [-0.15, -0.1) is 0 Å². The zero-order chi connectivity index (χ0) is 15.8. The Hall–Kier alpha value is -1.88. The summed E-state index contributed by atoms with van der Waals surface area (Å²) in [4.78, 5) is 26.3. The molecule has 3 amide bonds. The molecule has 1 fully saturated rings. The highest BCUT2D eigenvalue weighted by Gasteiger charge is 2.52. The molecule has 0 saturated carbocycles. The molecule has 0 aromatic heterocycles. The van der Waals surface area contributed by atoms with Crippen LogP contribution in [0.15, 0.2) is 18.2 Å². The molecule has 0 spiro atoms. The maximum atomic E-state index is 12.9.